The summed E-state index contributed by atoms with van der Waals surface area (Å²) in [4.78, 5) is 21.4. The van der Waals surface area contributed by atoms with E-state index in [2.05, 4.69) is 0 Å². The molecule has 0 saturated carbocycles. The van der Waals surface area contributed by atoms with E-state index in [0.29, 0.717) is 4.90 Å². The summed E-state index contributed by atoms with van der Waals surface area (Å²) in [5, 5.41) is 10.1. The smallest absolute Gasteiger partial charge is 0.415 e. The third kappa shape index (κ3) is 3.80. The summed E-state index contributed by atoms with van der Waals surface area (Å²) in [7, 11) is 1.07. The molecule has 0 atom stereocenters. The molecule has 0 aliphatic carbocycles. The number of nitrogens with zero attached hydrogens (tertiary/aromatic N) is 1. The van der Waals surface area contributed by atoms with Crippen molar-refractivity contribution in [3.8, 4) is 0 Å². The summed E-state index contributed by atoms with van der Waals surface area (Å²) in [5.41, 5.74) is -0.694. The summed E-state index contributed by atoms with van der Waals surface area (Å²) >= 11 is 0. The molecule has 2 amide bonds. The molecule has 0 bridgehead atoms. The normalized spacial score (nSPS) is 10.7. The Morgan fingerprint density at radius 1 is 1.33 bits per heavy atom. The van der Waals surface area contributed by atoms with Crippen LogP contribution in [0.5, 0.6) is 0 Å². The fraction of sp³-hybridized carbons (Fsp3) is 0.714. The summed E-state index contributed by atoms with van der Waals surface area (Å²) in [5.74, 6) is 0. The number of imide groups is 1. The van der Waals surface area contributed by atoms with Gasteiger partial charge in [0.25, 0.3) is 0 Å². The molecule has 0 fully saturated rings. The Morgan fingerprint density at radius 3 is 2.00 bits per heavy atom. The first kappa shape index (κ1) is 10.7. The first-order valence-electron chi connectivity index (χ1n) is 3.42. The molecule has 0 N–H and O–H groups in total. The molecule has 0 aliphatic heterocycles. The number of amides is 2. The highest BCUT2D eigenvalue weighted by atomic mass is 16.6. The van der Waals surface area contributed by atoms with Crippen LogP contribution in [-0.4, -0.2) is 29.7 Å². The lowest BCUT2D eigenvalue weighted by Crippen LogP contribution is -2.44. The highest BCUT2D eigenvalue weighted by Crippen LogP contribution is 2.08. The fourth-order valence-electron chi connectivity index (χ4n) is 0.405. The molecule has 0 aromatic carbocycles. The molecule has 0 radical (unpaired) electrons. The van der Waals surface area contributed by atoms with Gasteiger partial charge in [-0.1, -0.05) is 0 Å². The molecule has 0 saturated heterocycles. The maximum Gasteiger partial charge on any atom is 0.415 e. The Balaban J connectivity index is 4.15. The van der Waals surface area contributed by atoms with Crippen molar-refractivity contribution in [1.82, 2.24) is 4.90 Å². The van der Waals surface area contributed by atoms with E-state index in [1.165, 1.54) is 0 Å². The van der Waals surface area contributed by atoms with Crippen LogP contribution in [0.1, 0.15) is 20.8 Å². The third-order valence-corrected chi connectivity index (χ3v) is 0.941. The van der Waals surface area contributed by atoms with Gasteiger partial charge in [0.2, 0.25) is 0 Å². The Morgan fingerprint density at radius 2 is 1.75 bits per heavy atom. The van der Waals surface area contributed by atoms with Gasteiger partial charge >= 0.3 is 6.09 Å². The maximum absolute atomic E-state index is 10.9. The van der Waals surface area contributed by atoms with Crippen molar-refractivity contribution in [3.63, 3.8) is 0 Å². The maximum atomic E-state index is 10.9. The fourth-order valence-corrected chi connectivity index (χ4v) is 0.405. The van der Waals surface area contributed by atoms with Gasteiger partial charge in [-0.25, -0.2) is 4.79 Å². The third-order valence-electron chi connectivity index (χ3n) is 0.941. The number of hydrogen-bond donors (Lipinski definition) is 0. The molecule has 12 heavy (non-hydrogen) atoms. The summed E-state index contributed by atoms with van der Waals surface area (Å²) < 4.78 is 4.73. The van der Waals surface area contributed by atoms with Crippen LogP contribution in [0.2, 0.25) is 0 Å². The van der Waals surface area contributed by atoms with Crippen molar-refractivity contribution in [3.05, 3.63) is 0 Å². The van der Waals surface area contributed by atoms with Crippen molar-refractivity contribution in [2.75, 3.05) is 7.05 Å². The second kappa shape index (κ2) is 3.42. The minimum absolute atomic E-state index is 0.380. The van der Waals surface area contributed by atoms with Crippen molar-refractivity contribution in [1.29, 1.82) is 0 Å². The Bertz CT molecular complexity index is 194. The molecule has 0 rings (SSSR count). The number of carbonyl (C=O) groups is 2. The monoisotopic (exact) mass is 174 g/mol. The lowest BCUT2D eigenvalue weighted by atomic mass is 10.2. The molecule has 0 unspecified atom stereocenters. The minimum Gasteiger partial charge on any atom is -0.529 e. The van der Waals surface area contributed by atoms with Crippen LogP contribution in [0.3, 0.4) is 0 Å². The van der Waals surface area contributed by atoms with Crippen molar-refractivity contribution in [2.45, 2.75) is 26.4 Å². The molecule has 0 spiro atoms. The van der Waals surface area contributed by atoms with Crippen LogP contribution < -0.4 is 5.11 Å². The Kier molecular flexibility index (Phi) is 3.06. The van der Waals surface area contributed by atoms with Gasteiger partial charge in [0.15, 0.2) is 0 Å². The number of ether oxygens (including phenoxy) is 1. The van der Waals surface area contributed by atoms with Crippen LogP contribution in [0.4, 0.5) is 9.59 Å². The molecule has 0 heterocycles. The quantitative estimate of drug-likeness (QED) is 0.526. The zero-order chi connectivity index (χ0) is 9.94. The number of carbonyl (C=O) groups excluding carboxylic acids is 2. The van der Waals surface area contributed by atoms with Crippen molar-refractivity contribution >= 4 is 12.2 Å². The lowest BCUT2D eigenvalue weighted by Gasteiger charge is -2.24. The van der Waals surface area contributed by atoms with Crippen LogP contribution in [-0.2, 0) is 4.74 Å². The topological polar surface area (TPSA) is 69.7 Å². The van der Waals surface area contributed by atoms with Crippen molar-refractivity contribution in [2.24, 2.45) is 0 Å². The van der Waals surface area contributed by atoms with Gasteiger partial charge in [0.05, 0.1) is 0 Å². The average Bonchev–Trinajstić information content (AvgIpc) is 1.82. The van der Waals surface area contributed by atoms with E-state index in [9.17, 15) is 14.7 Å². The summed E-state index contributed by atoms with van der Waals surface area (Å²) in [6.45, 7) is 4.94. The van der Waals surface area contributed by atoms with E-state index in [-0.39, 0.29) is 0 Å². The van der Waals surface area contributed by atoms with Gasteiger partial charge in [-0.2, -0.15) is 0 Å². The van der Waals surface area contributed by atoms with Crippen molar-refractivity contribution < 1.29 is 19.4 Å². The predicted octanol–water partition coefficient (Wildman–Crippen LogP) is 0.197. The molecule has 70 valence electrons. The average molecular weight is 174 g/mol. The van der Waals surface area contributed by atoms with E-state index in [0.717, 1.165) is 7.05 Å². The number of rotatable bonds is 0. The van der Waals surface area contributed by atoms with Gasteiger partial charge in [0, 0.05) is 7.05 Å². The first-order valence-corrected chi connectivity index (χ1v) is 3.42. The van der Waals surface area contributed by atoms with E-state index in [4.69, 9.17) is 4.74 Å². The zero-order valence-electron chi connectivity index (χ0n) is 7.58. The first-order chi connectivity index (χ1) is 5.24. The highest BCUT2D eigenvalue weighted by molar-refractivity contribution is 5.85. The minimum atomic E-state index is -1.58. The van der Waals surface area contributed by atoms with Gasteiger partial charge in [0.1, 0.15) is 11.7 Å². The van der Waals surface area contributed by atoms with Gasteiger partial charge in [-0.3, -0.25) is 4.90 Å². The summed E-state index contributed by atoms with van der Waals surface area (Å²) in [6.07, 6.45) is -2.51. The van der Waals surface area contributed by atoms with Crippen LogP contribution in [0.25, 0.3) is 0 Å². The lowest BCUT2D eigenvalue weighted by molar-refractivity contribution is -0.261. The molecular weight excluding hydrogens is 162 g/mol. The van der Waals surface area contributed by atoms with E-state index < -0.39 is 17.8 Å². The second-order valence-electron chi connectivity index (χ2n) is 3.31. The largest absolute Gasteiger partial charge is 0.529 e. The Labute approximate surface area is 70.9 Å². The standard InChI is InChI=1S/C7H13NO4/c1-7(2,3)12-6(11)8(4)5(9)10/h1-4H3,(H,9,10)/p-1. The zero-order valence-corrected chi connectivity index (χ0v) is 7.58. The Hall–Kier alpha value is -1.26. The van der Waals surface area contributed by atoms with E-state index >= 15 is 0 Å². The van der Waals surface area contributed by atoms with Gasteiger partial charge in [-0.05, 0) is 20.8 Å². The van der Waals surface area contributed by atoms with Crippen LogP contribution >= 0.6 is 0 Å². The molecule has 5 nitrogen and oxygen atoms in total. The number of carboxylic acid groups (broad SMARTS) is 1. The van der Waals surface area contributed by atoms with E-state index in [1.54, 1.807) is 20.8 Å². The number of hydrogen-bond acceptors (Lipinski definition) is 4. The predicted molar refractivity (Wildman–Crippen MR) is 39.4 cm³/mol. The van der Waals surface area contributed by atoms with Gasteiger partial charge < -0.3 is 14.6 Å². The molecule has 0 aromatic heterocycles. The summed E-state index contributed by atoms with van der Waals surface area (Å²) in [6, 6.07) is 0. The molecule has 0 aliphatic rings. The van der Waals surface area contributed by atoms with E-state index in [1.807, 2.05) is 0 Å². The van der Waals surface area contributed by atoms with Crippen LogP contribution in [0, 0.1) is 0 Å². The van der Waals surface area contributed by atoms with Gasteiger partial charge in [-0.15, -0.1) is 0 Å². The van der Waals surface area contributed by atoms with Crippen LogP contribution in [0.15, 0.2) is 0 Å². The molecule has 5 heteroatoms. The molecule has 0 aromatic rings. The second-order valence-corrected chi connectivity index (χ2v) is 3.31. The molecular formula is C7H12NO4-. The SMILES string of the molecule is CN(C(=O)[O-])C(=O)OC(C)(C)C. The highest BCUT2D eigenvalue weighted by Gasteiger charge is 2.19.